The van der Waals surface area contributed by atoms with Gasteiger partial charge in [-0.1, -0.05) is 32.0 Å². The summed E-state index contributed by atoms with van der Waals surface area (Å²) in [5, 5.41) is 12.7. The van der Waals surface area contributed by atoms with Gasteiger partial charge in [0.15, 0.2) is 0 Å². The van der Waals surface area contributed by atoms with Crippen molar-refractivity contribution >= 4 is 11.8 Å². The van der Waals surface area contributed by atoms with Gasteiger partial charge in [0, 0.05) is 4.90 Å². The van der Waals surface area contributed by atoms with Crippen molar-refractivity contribution in [1.29, 1.82) is 5.26 Å². The van der Waals surface area contributed by atoms with Crippen molar-refractivity contribution in [2.45, 2.75) is 50.5 Å². The van der Waals surface area contributed by atoms with Crippen molar-refractivity contribution in [3.05, 3.63) is 29.8 Å². The van der Waals surface area contributed by atoms with Gasteiger partial charge in [-0.05, 0) is 50.1 Å². The fourth-order valence-electron chi connectivity index (χ4n) is 2.18. The number of nitrogens with zero attached hydrogens (tertiary/aromatic N) is 1. The largest absolute Gasteiger partial charge is 0.300 e. The second kappa shape index (κ2) is 8.24. The van der Waals surface area contributed by atoms with Gasteiger partial charge in [0.2, 0.25) is 0 Å². The molecule has 1 unspecified atom stereocenters. The smallest absolute Gasteiger partial charge is 0.106 e. The molecular weight excluding hydrogens is 252 g/mol. The van der Waals surface area contributed by atoms with E-state index in [1.165, 1.54) is 10.5 Å². The van der Waals surface area contributed by atoms with Crippen molar-refractivity contribution in [1.82, 2.24) is 5.32 Å². The molecule has 0 saturated carbocycles. The Morgan fingerprint density at radius 1 is 1.32 bits per heavy atom. The molecular formula is C16H24N2S. The zero-order chi connectivity index (χ0) is 14.1. The molecule has 0 aliphatic rings. The Balaban J connectivity index is 2.42. The zero-order valence-corrected chi connectivity index (χ0v) is 13.0. The van der Waals surface area contributed by atoms with Crippen LogP contribution >= 0.6 is 11.8 Å². The monoisotopic (exact) mass is 276 g/mol. The molecule has 0 amide bonds. The van der Waals surface area contributed by atoms with Crippen LogP contribution in [-0.4, -0.2) is 17.8 Å². The van der Waals surface area contributed by atoms with Gasteiger partial charge in [0.05, 0.1) is 6.07 Å². The Morgan fingerprint density at radius 3 is 2.63 bits per heavy atom. The molecule has 0 aliphatic heterocycles. The normalized spacial score (nSPS) is 13.8. The van der Waals surface area contributed by atoms with E-state index in [2.05, 4.69) is 56.4 Å². The highest BCUT2D eigenvalue weighted by Gasteiger charge is 2.25. The van der Waals surface area contributed by atoms with Gasteiger partial charge in [-0.15, -0.1) is 11.8 Å². The van der Waals surface area contributed by atoms with Crippen LogP contribution in [0.4, 0.5) is 0 Å². The number of rotatable bonds is 8. The van der Waals surface area contributed by atoms with Gasteiger partial charge in [0.25, 0.3) is 0 Å². The minimum absolute atomic E-state index is 0.332. The Labute approximate surface area is 121 Å². The maximum Gasteiger partial charge on any atom is 0.106 e. The van der Waals surface area contributed by atoms with Crippen LogP contribution in [0.5, 0.6) is 0 Å². The summed E-state index contributed by atoms with van der Waals surface area (Å²) in [4.78, 5) is 1.35. The molecule has 3 heteroatoms. The maximum atomic E-state index is 9.35. The van der Waals surface area contributed by atoms with Crippen LogP contribution in [0.15, 0.2) is 29.2 Å². The molecule has 0 radical (unpaired) electrons. The summed E-state index contributed by atoms with van der Waals surface area (Å²) in [5.41, 5.74) is 1.00. The van der Waals surface area contributed by atoms with Crippen LogP contribution in [0.1, 0.15) is 38.7 Å². The van der Waals surface area contributed by atoms with Crippen molar-refractivity contribution in [2.75, 3.05) is 12.3 Å². The van der Waals surface area contributed by atoms with Gasteiger partial charge in [-0.2, -0.15) is 5.26 Å². The van der Waals surface area contributed by atoms with E-state index in [1.807, 2.05) is 11.8 Å². The van der Waals surface area contributed by atoms with Crippen LogP contribution in [0.3, 0.4) is 0 Å². The Bertz CT molecular complexity index is 425. The third kappa shape index (κ3) is 4.89. The molecule has 0 aliphatic carbocycles. The summed E-state index contributed by atoms with van der Waals surface area (Å²) < 4.78 is 0. The van der Waals surface area contributed by atoms with Gasteiger partial charge < -0.3 is 0 Å². The molecule has 1 aromatic carbocycles. The van der Waals surface area contributed by atoms with Gasteiger partial charge in [0.1, 0.15) is 5.54 Å². The lowest BCUT2D eigenvalue weighted by molar-refractivity contribution is 0.379. The second-order valence-electron chi connectivity index (χ2n) is 4.80. The highest BCUT2D eigenvalue weighted by atomic mass is 32.2. The van der Waals surface area contributed by atoms with Crippen molar-refractivity contribution in [3.63, 3.8) is 0 Å². The van der Waals surface area contributed by atoms with Gasteiger partial charge in [-0.25, -0.2) is 0 Å². The van der Waals surface area contributed by atoms with E-state index in [9.17, 15) is 5.26 Å². The maximum absolute atomic E-state index is 9.35. The molecule has 0 fully saturated rings. The Morgan fingerprint density at radius 2 is 2.05 bits per heavy atom. The van der Waals surface area contributed by atoms with Crippen LogP contribution < -0.4 is 5.32 Å². The SMILES string of the molecule is CCNC(C#N)(CC)CCCSc1ccccc1C. The summed E-state index contributed by atoms with van der Waals surface area (Å²) in [6.45, 7) is 7.14. The molecule has 1 N–H and O–H groups in total. The van der Waals surface area contributed by atoms with E-state index < -0.39 is 0 Å². The van der Waals surface area contributed by atoms with E-state index in [-0.39, 0.29) is 5.54 Å². The first-order valence-electron chi connectivity index (χ1n) is 7.02. The third-order valence-electron chi connectivity index (χ3n) is 3.43. The number of benzene rings is 1. The molecule has 1 rings (SSSR count). The summed E-state index contributed by atoms with van der Waals surface area (Å²) >= 11 is 1.89. The average molecular weight is 276 g/mol. The third-order valence-corrected chi connectivity index (χ3v) is 4.69. The number of hydrogen-bond acceptors (Lipinski definition) is 3. The van der Waals surface area contributed by atoms with Crippen LogP contribution in [-0.2, 0) is 0 Å². The van der Waals surface area contributed by atoms with Gasteiger partial charge >= 0.3 is 0 Å². The molecule has 0 heterocycles. The highest BCUT2D eigenvalue weighted by Crippen LogP contribution is 2.25. The predicted molar refractivity (Wildman–Crippen MR) is 83.4 cm³/mol. The van der Waals surface area contributed by atoms with E-state index in [1.54, 1.807) is 0 Å². The Kier molecular flexibility index (Phi) is 6.97. The fraction of sp³-hybridized carbons (Fsp3) is 0.562. The van der Waals surface area contributed by atoms with Crippen LogP contribution in [0.2, 0.25) is 0 Å². The second-order valence-corrected chi connectivity index (χ2v) is 5.93. The first-order chi connectivity index (χ1) is 9.17. The fourth-order valence-corrected chi connectivity index (χ4v) is 3.16. The molecule has 0 aromatic heterocycles. The predicted octanol–water partition coefficient (Wildman–Crippen LogP) is 4.15. The highest BCUT2D eigenvalue weighted by molar-refractivity contribution is 7.99. The molecule has 1 atom stereocenters. The standard InChI is InChI=1S/C16H24N2S/c1-4-16(13-17,18-5-2)11-8-12-19-15-10-7-6-9-14(15)3/h6-7,9-10,18H,4-5,8,11-12H2,1-3H3. The summed E-state index contributed by atoms with van der Waals surface area (Å²) in [6, 6.07) is 10.9. The molecule has 19 heavy (non-hydrogen) atoms. The van der Waals surface area contributed by atoms with Crippen LogP contribution in [0, 0.1) is 18.3 Å². The number of nitriles is 1. The number of nitrogens with one attached hydrogen (secondary N) is 1. The first-order valence-corrected chi connectivity index (χ1v) is 8.00. The quantitative estimate of drug-likeness (QED) is 0.572. The molecule has 1 aromatic rings. The lowest BCUT2D eigenvalue weighted by Crippen LogP contribution is -2.43. The average Bonchev–Trinajstić information content (AvgIpc) is 2.44. The number of thioether (sulfide) groups is 1. The molecule has 0 saturated heterocycles. The molecule has 104 valence electrons. The van der Waals surface area contributed by atoms with E-state index >= 15 is 0 Å². The van der Waals surface area contributed by atoms with E-state index in [4.69, 9.17) is 0 Å². The topological polar surface area (TPSA) is 35.8 Å². The lowest BCUT2D eigenvalue weighted by Gasteiger charge is -2.25. The molecule has 2 nitrogen and oxygen atoms in total. The van der Waals surface area contributed by atoms with Crippen molar-refractivity contribution in [2.24, 2.45) is 0 Å². The van der Waals surface area contributed by atoms with E-state index in [0.717, 1.165) is 31.6 Å². The van der Waals surface area contributed by atoms with Gasteiger partial charge in [-0.3, -0.25) is 5.32 Å². The zero-order valence-electron chi connectivity index (χ0n) is 12.2. The molecule has 0 spiro atoms. The summed E-state index contributed by atoms with van der Waals surface area (Å²) in [5.74, 6) is 1.07. The number of aryl methyl sites for hydroxylation is 1. The summed E-state index contributed by atoms with van der Waals surface area (Å²) in [6.07, 6.45) is 2.85. The Hall–Kier alpha value is -0.980. The first kappa shape index (κ1) is 16.1. The lowest BCUT2D eigenvalue weighted by atomic mass is 9.92. The minimum Gasteiger partial charge on any atom is -0.300 e. The van der Waals surface area contributed by atoms with Crippen LogP contribution in [0.25, 0.3) is 0 Å². The molecule has 0 bridgehead atoms. The number of hydrogen-bond donors (Lipinski definition) is 1. The minimum atomic E-state index is -0.332. The van der Waals surface area contributed by atoms with E-state index in [0.29, 0.717) is 0 Å². The van der Waals surface area contributed by atoms with Crippen molar-refractivity contribution < 1.29 is 0 Å². The van der Waals surface area contributed by atoms with Crippen molar-refractivity contribution in [3.8, 4) is 6.07 Å². The summed E-state index contributed by atoms with van der Waals surface area (Å²) in [7, 11) is 0.